The minimum Gasteiger partial charge on any atom is -0.377 e. The number of nitriles is 1. The van der Waals surface area contributed by atoms with E-state index in [9.17, 15) is 0 Å². The fraction of sp³-hybridized carbons (Fsp3) is 0.875. The van der Waals surface area contributed by atoms with Gasteiger partial charge in [0.15, 0.2) is 0 Å². The Hall–Kier alpha value is -0.550. The lowest BCUT2D eigenvalue weighted by Crippen LogP contribution is -2.26. The van der Waals surface area contributed by atoms with E-state index in [-0.39, 0.29) is 11.5 Å². The molecule has 1 fully saturated rings. The molecule has 1 aliphatic rings. The molecule has 0 aromatic heterocycles. The summed E-state index contributed by atoms with van der Waals surface area (Å²) in [6.07, 6.45) is 2.31. The molecular formula is C8H13NO. The van der Waals surface area contributed by atoms with Gasteiger partial charge in [-0.25, -0.2) is 0 Å². The third kappa shape index (κ3) is 1.30. The van der Waals surface area contributed by atoms with Gasteiger partial charge in [-0.3, -0.25) is 0 Å². The van der Waals surface area contributed by atoms with Crippen LogP contribution >= 0.6 is 0 Å². The molecule has 0 aromatic carbocycles. The summed E-state index contributed by atoms with van der Waals surface area (Å²) in [6, 6.07) is 2.26. The van der Waals surface area contributed by atoms with E-state index in [0.717, 1.165) is 19.4 Å². The van der Waals surface area contributed by atoms with E-state index >= 15 is 0 Å². The molecule has 56 valence electrons. The maximum atomic E-state index is 8.72. The molecule has 1 atom stereocenters. The van der Waals surface area contributed by atoms with Crippen molar-refractivity contribution < 1.29 is 4.74 Å². The second kappa shape index (κ2) is 2.59. The van der Waals surface area contributed by atoms with Gasteiger partial charge in [-0.2, -0.15) is 5.26 Å². The van der Waals surface area contributed by atoms with Crippen LogP contribution in [-0.2, 0) is 4.74 Å². The van der Waals surface area contributed by atoms with Crippen molar-refractivity contribution in [2.75, 3.05) is 6.61 Å². The molecule has 2 nitrogen and oxygen atoms in total. The van der Waals surface area contributed by atoms with Crippen LogP contribution in [0.5, 0.6) is 0 Å². The lowest BCUT2D eigenvalue weighted by atomic mass is 9.87. The van der Waals surface area contributed by atoms with E-state index in [4.69, 9.17) is 10.00 Å². The van der Waals surface area contributed by atoms with Crippen LogP contribution in [-0.4, -0.2) is 12.7 Å². The number of hydrogen-bond acceptors (Lipinski definition) is 2. The lowest BCUT2D eigenvalue weighted by molar-refractivity contribution is 0.0469. The highest BCUT2D eigenvalue weighted by Gasteiger charge is 2.32. The van der Waals surface area contributed by atoms with Crippen molar-refractivity contribution in [1.82, 2.24) is 0 Å². The summed E-state index contributed by atoms with van der Waals surface area (Å²) in [5, 5.41) is 8.72. The normalized spacial score (nSPS) is 26.3. The zero-order valence-electron chi connectivity index (χ0n) is 6.55. The standard InChI is InChI=1S/C8H13NO/c1-8(2,6-9)7-4-3-5-10-7/h7H,3-5H2,1-2H3. The van der Waals surface area contributed by atoms with Crippen LogP contribution in [0, 0.1) is 16.7 Å². The van der Waals surface area contributed by atoms with E-state index in [1.165, 1.54) is 0 Å². The van der Waals surface area contributed by atoms with Gasteiger partial charge in [-0.15, -0.1) is 0 Å². The van der Waals surface area contributed by atoms with Gasteiger partial charge in [0.1, 0.15) is 0 Å². The molecule has 10 heavy (non-hydrogen) atoms. The summed E-state index contributed by atoms with van der Waals surface area (Å²) in [7, 11) is 0. The maximum Gasteiger partial charge on any atom is 0.0779 e. The van der Waals surface area contributed by atoms with E-state index in [2.05, 4.69) is 6.07 Å². The maximum absolute atomic E-state index is 8.72. The highest BCUT2D eigenvalue weighted by atomic mass is 16.5. The summed E-state index contributed by atoms with van der Waals surface area (Å²) in [5.74, 6) is 0. The van der Waals surface area contributed by atoms with Crippen LogP contribution in [0.3, 0.4) is 0 Å². The quantitative estimate of drug-likeness (QED) is 0.554. The molecule has 0 bridgehead atoms. The minimum absolute atomic E-state index is 0.164. The first-order chi connectivity index (χ1) is 4.67. The molecular weight excluding hydrogens is 126 g/mol. The molecule has 1 aliphatic heterocycles. The molecule has 0 N–H and O–H groups in total. The molecule has 1 rings (SSSR count). The minimum atomic E-state index is -0.295. The van der Waals surface area contributed by atoms with E-state index < -0.39 is 0 Å². The first-order valence-corrected chi connectivity index (χ1v) is 3.69. The molecule has 2 heteroatoms. The average molecular weight is 139 g/mol. The van der Waals surface area contributed by atoms with Crippen LogP contribution in [0.1, 0.15) is 26.7 Å². The zero-order valence-corrected chi connectivity index (χ0v) is 6.55. The predicted molar refractivity (Wildman–Crippen MR) is 38.4 cm³/mol. The largest absolute Gasteiger partial charge is 0.377 e. The Morgan fingerprint density at radius 3 is 2.70 bits per heavy atom. The van der Waals surface area contributed by atoms with Crippen molar-refractivity contribution in [3.05, 3.63) is 0 Å². The summed E-state index contributed by atoms with van der Waals surface area (Å²) >= 11 is 0. The molecule has 1 saturated heterocycles. The van der Waals surface area contributed by atoms with Gasteiger partial charge in [0, 0.05) is 6.61 Å². The summed E-state index contributed by atoms with van der Waals surface area (Å²) in [4.78, 5) is 0. The Kier molecular flexibility index (Phi) is 1.96. The van der Waals surface area contributed by atoms with Gasteiger partial charge in [-0.05, 0) is 26.7 Å². The molecule has 0 spiro atoms. The Morgan fingerprint density at radius 1 is 1.60 bits per heavy atom. The summed E-state index contributed by atoms with van der Waals surface area (Å²) < 4.78 is 5.39. The van der Waals surface area contributed by atoms with E-state index in [1.807, 2.05) is 13.8 Å². The SMILES string of the molecule is CC(C)(C#N)C1CCCO1. The third-order valence-electron chi connectivity index (χ3n) is 2.02. The first-order valence-electron chi connectivity index (χ1n) is 3.69. The van der Waals surface area contributed by atoms with Crippen molar-refractivity contribution in [2.45, 2.75) is 32.8 Å². The van der Waals surface area contributed by atoms with Crippen molar-refractivity contribution in [2.24, 2.45) is 5.41 Å². The number of rotatable bonds is 1. The fourth-order valence-corrected chi connectivity index (χ4v) is 1.22. The van der Waals surface area contributed by atoms with Crippen LogP contribution in [0.25, 0.3) is 0 Å². The molecule has 0 saturated carbocycles. The van der Waals surface area contributed by atoms with E-state index in [0.29, 0.717) is 0 Å². The van der Waals surface area contributed by atoms with Crippen molar-refractivity contribution in [1.29, 1.82) is 5.26 Å². The van der Waals surface area contributed by atoms with Crippen LogP contribution in [0.15, 0.2) is 0 Å². The molecule has 0 radical (unpaired) electrons. The monoisotopic (exact) mass is 139 g/mol. The van der Waals surface area contributed by atoms with Crippen molar-refractivity contribution in [3.63, 3.8) is 0 Å². The smallest absolute Gasteiger partial charge is 0.0779 e. The molecule has 0 aliphatic carbocycles. The van der Waals surface area contributed by atoms with Gasteiger partial charge in [0.25, 0.3) is 0 Å². The summed E-state index contributed by atoms with van der Waals surface area (Å²) in [6.45, 7) is 4.70. The highest BCUT2D eigenvalue weighted by molar-refractivity contribution is 4.98. The van der Waals surface area contributed by atoms with Crippen LogP contribution < -0.4 is 0 Å². The van der Waals surface area contributed by atoms with Crippen molar-refractivity contribution >= 4 is 0 Å². The van der Waals surface area contributed by atoms with Gasteiger partial charge in [0.05, 0.1) is 17.6 Å². The molecule has 0 aromatic rings. The average Bonchev–Trinajstić information content (AvgIpc) is 2.38. The molecule has 1 unspecified atom stereocenters. The Labute approximate surface area is 61.8 Å². The van der Waals surface area contributed by atoms with Gasteiger partial charge < -0.3 is 4.74 Å². The highest BCUT2D eigenvalue weighted by Crippen LogP contribution is 2.29. The topological polar surface area (TPSA) is 33.0 Å². The van der Waals surface area contributed by atoms with Gasteiger partial charge in [0.2, 0.25) is 0 Å². The van der Waals surface area contributed by atoms with Crippen LogP contribution in [0.4, 0.5) is 0 Å². The fourth-order valence-electron chi connectivity index (χ4n) is 1.22. The Balaban J connectivity index is 2.56. The zero-order chi connectivity index (χ0) is 7.61. The number of hydrogen-bond donors (Lipinski definition) is 0. The number of ether oxygens (including phenoxy) is 1. The van der Waals surface area contributed by atoms with Crippen molar-refractivity contribution in [3.8, 4) is 6.07 Å². The third-order valence-corrected chi connectivity index (χ3v) is 2.02. The summed E-state index contributed by atoms with van der Waals surface area (Å²) in [5.41, 5.74) is -0.295. The first kappa shape index (κ1) is 7.56. The molecule has 1 heterocycles. The predicted octanol–water partition coefficient (Wildman–Crippen LogP) is 1.72. The Morgan fingerprint density at radius 2 is 2.30 bits per heavy atom. The van der Waals surface area contributed by atoms with E-state index in [1.54, 1.807) is 0 Å². The Bertz CT molecular complexity index is 151. The van der Waals surface area contributed by atoms with Gasteiger partial charge in [-0.1, -0.05) is 0 Å². The van der Waals surface area contributed by atoms with Gasteiger partial charge >= 0.3 is 0 Å². The molecule has 0 amide bonds. The lowest BCUT2D eigenvalue weighted by Gasteiger charge is -2.22. The second-order valence-electron chi connectivity index (χ2n) is 3.34. The number of nitrogens with zero attached hydrogens (tertiary/aromatic N) is 1. The second-order valence-corrected chi connectivity index (χ2v) is 3.34. The van der Waals surface area contributed by atoms with Crippen LogP contribution in [0.2, 0.25) is 0 Å².